The Hall–Kier alpha value is -1.93. The van der Waals surface area contributed by atoms with Crippen molar-refractivity contribution in [1.82, 2.24) is 0 Å². The van der Waals surface area contributed by atoms with Crippen molar-refractivity contribution in [2.24, 2.45) is 4.99 Å². The van der Waals surface area contributed by atoms with E-state index in [-0.39, 0.29) is 0 Å². The number of rotatable bonds is 1. The van der Waals surface area contributed by atoms with E-state index in [1.165, 1.54) is 33.0 Å². The molecule has 0 unspecified atom stereocenters. The third kappa shape index (κ3) is 2.02. The van der Waals surface area contributed by atoms with Crippen LogP contribution in [0.4, 0.5) is 5.69 Å². The zero-order valence-corrected chi connectivity index (χ0v) is 13.5. The predicted octanol–water partition coefficient (Wildman–Crippen LogP) is 5.70. The monoisotopic (exact) mass is 335 g/mol. The molecule has 0 amide bonds. The second kappa shape index (κ2) is 4.54. The summed E-state index contributed by atoms with van der Waals surface area (Å²) in [6.45, 7) is 4.27. The minimum atomic E-state index is 1.07. The number of hydrogen-bond acceptors (Lipinski definition) is 1. The zero-order chi connectivity index (χ0) is 14.6. The van der Waals surface area contributed by atoms with Crippen LogP contribution in [-0.4, -0.2) is 5.71 Å². The van der Waals surface area contributed by atoms with Crippen molar-refractivity contribution in [1.29, 1.82) is 0 Å². The summed E-state index contributed by atoms with van der Waals surface area (Å²) >= 11 is 3.62. The molecule has 0 aliphatic carbocycles. The maximum atomic E-state index is 4.89. The van der Waals surface area contributed by atoms with Gasteiger partial charge >= 0.3 is 0 Å². The molecule has 0 fully saturated rings. The van der Waals surface area contributed by atoms with Gasteiger partial charge in [-0.05, 0) is 49.6 Å². The highest BCUT2D eigenvalue weighted by molar-refractivity contribution is 9.10. The molecule has 1 nitrogen and oxygen atoms in total. The van der Waals surface area contributed by atoms with E-state index in [9.17, 15) is 0 Å². The SMILES string of the molecule is Cc1cc(C)cc(C2=Nc3cccc4cc(Br)cc2c34)c1. The first-order valence-corrected chi connectivity index (χ1v) is 7.81. The van der Waals surface area contributed by atoms with Crippen LogP contribution in [-0.2, 0) is 0 Å². The summed E-state index contributed by atoms with van der Waals surface area (Å²) < 4.78 is 1.10. The molecule has 0 saturated heterocycles. The highest BCUT2D eigenvalue weighted by atomic mass is 79.9. The summed E-state index contributed by atoms with van der Waals surface area (Å²) in [5, 5.41) is 2.50. The van der Waals surface area contributed by atoms with Gasteiger partial charge in [0.25, 0.3) is 0 Å². The Balaban J connectivity index is 2.03. The van der Waals surface area contributed by atoms with Crippen molar-refractivity contribution >= 4 is 38.1 Å². The topological polar surface area (TPSA) is 12.4 Å². The third-order valence-corrected chi connectivity index (χ3v) is 4.36. The normalized spacial score (nSPS) is 12.8. The van der Waals surface area contributed by atoms with Crippen molar-refractivity contribution in [3.05, 3.63) is 75.3 Å². The summed E-state index contributed by atoms with van der Waals surface area (Å²) in [5.41, 5.74) is 7.12. The van der Waals surface area contributed by atoms with E-state index < -0.39 is 0 Å². The van der Waals surface area contributed by atoms with Gasteiger partial charge in [0.2, 0.25) is 0 Å². The lowest BCUT2D eigenvalue weighted by Gasteiger charge is -2.07. The van der Waals surface area contributed by atoms with Gasteiger partial charge in [-0.15, -0.1) is 0 Å². The summed E-state index contributed by atoms with van der Waals surface area (Å²) in [6.07, 6.45) is 0. The molecule has 1 heterocycles. The molecule has 1 aliphatic heterocycles. The zero-order valence-electron chi connectivity index (χ0n) is 11.9. The van der Waals surface area contributed by atoms with Gasteiger partial charge in [0.15, 0.2) is 0 Å². The lowest BCUT2D eigenvalue weighted by Crippen LogP contribution is -2.01. The van der Waals surface area contributed by atoms with Gasteiger partial charge in [0.1, 0.15) is 0 Å². The van der Waals surface area contributed by atoms with E-state index in [0.717, 1.165) is 15.9 Å². The molecule has 0 aromatic heterocycles. The highest BCUT2D eigenvalue weighted by Gasteiger charge is 2.20. The molecule has 0 spiro atoms. The molecule has 0 bridgehead atoms. The molecule has 102 valence electrons. The van der Waals surface area contributed by atoms with E-state index >= 15 is 0 Å². The van der Waals surface area contributed by atoms with Crippen molar-refractivity contribution in [3.8, 4) is 0 Å². The summed E-state index contributed by atoms with van der Waals surface area (Å²) in [5.74, 6) is 0. The van der Waals surface area contributed by atoms with E-state index in [1.807, 2.05) is 0 Å². The summed E-state index contributed by atoms with van der Waals surface area (Å²) in [6, 6.07) is 17.3. The molecule has 21 heavy (non-hydrogen) atoms. The van der Waals surface area contributed by atoms with Crippen LogP contribution in [0.1, 0.15) is 22.3 Å². The first-order valence-electron chi connectivity index (χ1n) is 7.02. The highest BCUT2D eigenvalue weighted by Crippen LogP contribution is 2.39. The molecular weight excluding hydrogens is 322 g/mol. The van der Waals surface area contributed by atoms with E-state index in [2.05, 4.69) is 78.3 Å². The summed E-state index contributed by atoms with van der Waals surface area (Å²) in [7, 11) is 0. The second-order valence-corrected chi connectivity index (χ2v) is 6.58. The number of hydrogen-bond donors (Lipinski definition) is 0. The molecule has 0 saturated carbocycles. The van der Waals surface area contributed by atoms with Crippen LogP contribution in [0.5, 0.6) is 0 Å². The smallest absolute Gasteiger partial charge is 0.0789 e. The third-order valence-electron chi connectivity index (χ3n) is 3.90. The molecule has 3 aromatic rings. The van der Waals surface area contributed by atoms with Crippen LogP contribution in [0.15, 0.2) is 58.0 Å². The van der Waals surface area contributed by atoms with Crippen LogP contribution < -0.4 is 0 Å². The van der Waals surface area contributed by atoms with Crippen molar-refractivity contribution in [3.63, 3.8) is 0 Å². The minimum absolute atomic E-state index is 1.07. The Labute approximate surface area is 132 Å². The molecule has 3 aromatic carbocycles. The van der Waals surface area contributed by atoms with Gasteiger partial charge < -0.3 is 0 Å². The lowest BCUT2D eigenvalue weighted by molar-refractivity contribution is 1.37. The number of benzene rings is 3. The van der Waals surface area contributed by atoms with E-state index in [1.54, 1.807) is 0 Å². The average molecular weight is 336 g/mol. The largest absolute Gasteiger partial charge is 0.247 e. The van der Waals surface area contributed by atoms with Crippen LogP contribution in [0.2, 0.25) is 0 Å². The molecule has 0 N–H and O–H groups in total. The number of nitrogens with zero attached hydrogens (tertiary/aromatic N) is 1. The lowest BCUT2D eigenvalue weighted by atomic mass is 9.96. The molecule has 2 heteroatoms. The van der Waals surface area contributed by atoms with Crippen LogP contribution >= 0.6 is 15.9 Å². The Kier molecular flexibility index (Phi) is 2.76. The van der Waals surface area contributed by atoms with Crippen molar-refractivity contribution < 1.29 is 0 Å². The van der Waals surface area contributed by atoms with Gasteiger partial charge in [-0.1, -0.05) is 45.3 Å². The Morgan fingerprint density at radius 3 is 2.43 bits per heavy atom. The average Bonchev–Trinajstić information content (AvgIpc) is 2.78. The number of halogens is 1. The second-order valence-electron chi connectivity index (χ2n) is 5.67. The maximum Gasteiger partial charge on any atom is 0.0789 e. The number of aliphatic imine (C=N–C) groups is 1. The first-order chi connectivity index (χ1) is 10.1. The van der Waals surface area contributed by atoms with Crippen LogP contribution in [0.3, 0.4) is 0 Å². The maximum absolute atomic E-state index is 4.89. The van der Waals surface area contributed by atoms with Gasteiger partial charge in [-0.25, -0.2) is 4.99 Å². The van der Waals surface area contributed by atoms with Crippen molar-refractivity contribution in [2.75, 3.05) is 0 Å². The van der Waals surface area contributed by atoms with Crippen LogP contribution in [0.25, 0.3) is 10.8 Å². The predicted molar refractivity (Wildman–Crippen MR) is 92.9 cm³/mol. The fourth-order valence-corrected chi connectivity index (χ4v) is 3.64. The molecule has 4 rings (SSSR count). The fraction of sp³-hybridized carbons (Fsp3) is 0.105. The van der Waals surface area contributed by atoms with Gasteiger partial charge in [0, 0.05) is 21.0 Å². The number of aryl methyl sites for hydroxylation is 2. The summed E-state index contributed by atoms with van der Waals surface area (Å²) in [4.78, 5) is 4.89. The van der Waals surface area contributed by atoms with Crippen LogP contribution in [0, 0.1) is 13.8 Å². The minimum Gasteiger partial charge on any atom is -0.247 e. The Morgan fingerprint density at radius 1 is 0.905 bits per heavy atom. The molecule has 0 radical (unpaired) electrons. The molecule has 1 aliphatic rings. The standard InChI is InChI=1S/C19H14BrN/c1-11-6-12(2)8-14(7-11)19-16-10-15(20)9-13-4-3-5-17(21-19)18(13)16/h3-10H,1-2H3. The first kappa shape index (κ1) is 12.8. The Morgan fingerprint density at radius 2 is 1.67 bits per heavy atom. The fourth-order valence-electron chi connectivity index (χ4n) is 3.16. The van der Waals surface area contributed by atoms with E-state index in [0.29, 0.717) is 0 Å². The Bertz CT molecular complexity index is 902. The van der Waals surface area contributed by atoms with Gasteiger partial charge in [-0.2, -0.15) is 0 Å². The molecular formula is C19H14BrN. The quantitative estimate of drug-likeness (QED) is 0.423. The molecule has 0 atom stereocenters. The van der Waals surface area contributed by atoms with Gasteiger partial charge in [-0.3, -0.25) is 0 Å². The van der Waals surface area contributed by atoms with Crippen molar-refractivity contribution in [2.45, 2.75) is 13.8 Å². The van der Waals surface area contributed by atoms with Gasteiger partial charge in [0.05, 0.1) is 11.4 Å². The van der Waals surface area contributed by atoms with E-state index in [4.69, 9.17) is 4.99 Å².